The number of carbonyl (C=O) groups is 3. The van der Waals surface area contributed by atoms with Gasteiger partial charge in [0, 0.05) is 16.3 Å². The zero-order valence-corrected chi connectivity index (χ0v) is 15.1. The Morgan fingerprint density at radius 1 is 1.08 bits per heavy atom. The van der Waals surface area contributed by atoms with E-state index >= 15 is 0 Å². The van der Waals surface area contributed by atoms with Crippen LogP contribution in [-0.2, 0) is 9.47 Å². The molecular formula is C19H18ClNO5. The van der Waals surface area contributed by atoms with Gasteiger partial charge in [-0.05, 0) is 56.3 Å². The van der Waals surface area contributed by atoms with Crippen molar-refractivity contribution in [3.63, 3.8) is 0 Å². The van der Waals surface area contributed by atoms with Gasteiger partial charge in [0.2, 0.25) is 5.78 Å². The standard InChI is InChI=1S/C19H18ClNO5/c1-3-25-19(24)21-16-6-4-5-14(11-16)18(23)26-12(2)17(22)13-7-9-15(20)10-8-13/h4-12H,3H2,1-2H3,(H,21,24). The number of Topliss-reactive ketones (excluding diaryl/α,β-unsaturated/α-hetero) is 1. The summed E-state index contributed by atoms with van der Waals surface area (Å²) in [7, 11) is 0. The molecule has 0 bridgehead atoms. The summed E-state index contributed by atoms with van der Waals surface area (Å²) in [6, 6.07) is 12.5. The first-order valence-electron chi connectivity index (χ1n) is 7.95. The normalized spacial score (nSPS) is 11.3. The second-order valence-corrected chi connectivity index (χ2v) is 5.78. The van der Waals surface area contributed by atoms with Crippen molar-refractivity contribution in [3.05, 3.63) is 64.7 Å². The molecule has 0 aliphatic heterocycles. The van der Waals surface area contributed by atoms with Crippen molar-refractivity contribution >= 4 is 35.1 Å². The first-order valence-corrected chi connectivity index (χ1v) is 8.33. The highest BCUT2D eigenvalue weighted by atomic mass is 35.5. The summed E-state index contributed by atoms with van der Waals surface area (Å²) < 4.78 is 10.0. The lowest BCUT2D eigenvalue weighted by Gasteiger charge is -2.13. The maximum atomic E-state index is 12.3. The van der Waals surface area contributed by atoms with E-state index in [1.165, 1.54) is 19.1 Å². The Morgan fingerprint density at radius 3 is 2.42 bits per heavy atom. The highest BCUT2D eigenvalue weighted by Crippen LogP contribution is 2.15. The van der Waals surface area contributed by atoms with E-state index in [2.05, 4.69) is 5.32 Å². The molecule has 0 fully saturated rings. The van der Waals surface area contributed by atoms with Crippen LogP contribution in [0.4, 0.5) is 10.5 Å². The molecule has 0 aliphatic rings. The van der Waals surface area contributed by atoms with E-state index < -0.39 is 18.2 Å². The van der Waals surface area contributed by atoms with Gasteiger partial charge in [-0.1, -0.05) is 17.7 Å². The molecule has 0 aliphatic carbocycles. The fourth-order valence-corrected chi connectivity index (χ4v) is 2.27. The van der Waals surface area contributed by atoms with Gasteiger partial charge in [-0.25, -0.2) is 9.59 Å². The predicted molar refractivity (Wildman–Crippen MR) is 97.7 cm³/mol. The number of rotatable bonds is 6. The molecule has 1 unspecified atom stereocenters. The number of carbonyl (C=O) groups excluding carboxylic acids is 3. The number of hydrogen-bond donors (Lipinski definition) is 1. The van der Waals surface area contributed by atoms with Crippen LogP contribution >= 0.6 is 11.6 Å². The van der Waals surface area contributed by atoms with E-state index in [1.54, 1.807) is 43.3 Å². The van der Waals surface area contributed by atoms with E-state index in [9.17, 15) is 14.4 Å². The summed E-state index contributed by atoms with van der Waals surface area (Å²) >= 11 is 5.80. The predicted octanol–water partition coefficient (Wildman–Crippen LogP) is 4.34. The summed E-state index contributed by atoms with van der Waals surface area (Å²) in [5.41, 5.74) is 0.983. The summed E-state index contributed by atoms with van der Waals surface area (Å²) in [6.07, 6.45) is -1.59. The molecule has 0 spiro atoms. The maximum Gasteiger partial charge on any atom is 0.411 e. The molecule has 1 N–H and O–H groups in total. The van der Waals surface area contributed by atoms with Gasteiger partial charge in [0.05, 0.1) is 12.2 Å². The number of nitrogens with one attached hydrogen (secondary N) is 1. The van der Waals surface area contributed by atoms with E-state index in [0.717, 1.165) is 0 Å². The van der Waals surface area contributed by atoms with Crippen molar-refractivity contribution in [1.29, 1.82) is 0 Å². The Kier molecular flexibility index (Phi) is 6.74. The Labute approximate surface area is 156 Å². The zero-order valence-electron chi connectivity index (χ0n) is 14.3. The van der Waals surface area contributed by atoms with Crippen LogP contribution in [0.3, 0.4) is 0 Å². The number of ether oxygens (including phenoxy) is 2. The van der Waals surface area contributed by atoms with Crippen LogP contribution in [0.15, 0.2) is 48.5 Å². The SMILES string of the molecule is CCOC(=O)Nc1cccc(C(=O)OC(C)C(=O)c2ccc(Cl)cc2)c1. The number of amides is 1. The highest BCUT2D eigenvalue weighted by molar-refractivity contribution is 6.30. The van der Waals surface area contributed by atoms with Crippen LogP contribution in [0.5, 0.6) is 0 Å². The van der Waals surface area contributed by atoms with E-state index in [1.807, 2.05) is 0 Å². The maximum absolute atomic E-state index is 12.3. The molecule has 0 saturated carbocycles. The van der Waals surface area contributed by atoms with Crippen molar-refractivity contribution in [2.75, 3.05) is 11.9 Å². The Morgan fingerprint density at radius 2 is 1.77 bits per heavy atom. The summed E-state index contributed by atoms with van der Waals surface area (Å²) in [4.78, 5) is 36.0. The van der Waals surface area contributed by atoms with Gasteiger partial charge < -0.3 is 9.47 Å². The average molecular weight is 376 g/mol. The van der Waals surface area contributed by atoms with Gasteiger partial charge in [0.25, 0.3) is 0 Å². The lowest BCUT2D eigenvalue weighted by molar-refractivity contribution is 0.0319. The zero-order chi connectivity index (χ0) is 19.1. The number of halogens is 1. The molecule has 1 amide bonds. The Hall–Kier alpha value is -2.86. The number of esters is 1. The Bertz CT molecular complexity index is 804. The van der Waals surface area contributed by atoms with Gasteiger partial charge in [-0.2, -0.15) is 0 Å². The van der Waals surface area contributed by atoms with Crippen LogP contribution in [0.2, 0.25) is 5.02 Å². The third-order valence-corrected chi connectivity index (χ3v) is 3.65. The third kappa shape index (κ3) is 5.32. The van der Waals surface area contributed by atoms with Gasteiger partial charge in [0.1, 0.15) is 0 Å². The first kappa shape index (κ1) is 19.5. The number of hydrogen-bond acceptors (Lipinski definition) is 5. The minimum absolute atomic E-state index is 0.204. The van der Waals surface area contributed by atoms with Crippen molar-refractivity contribution in [3.8, 4) is 0 Å². The Balaban J connectivity index is 2.03. The summed E-state index contributed by atoms with van der Waals surface area (Å²) in [6.45, 7) is 3.42. The molecule has 1 atom stereocenters. The van der Waals surface area contributed by atoms with Crippen molar-refractivity contribution in [2.45, 2.75) is 20.0 Å². The molecule has 2 aromatic rings. The summed E-state index contributed by atoms with van der Waals surface area (Å²) in [5, 5.41) is 3.01. The fraction of sp³-hybridized carbons (Fsp3) is 0.211. The van der Waals surface area contributed by atoms with Gasteiger partial charge in [-0.15, -0.1) is 0 Å². The second kappa shape index (κ2) is 9.01. The molecule has 7 heteroatoms. The smallest absolute Gasteiger partial charge is 0.411 e. The first-order chi connectivity index (χ1) is 12.4. The molecule has 0 aromatic heterocycles. The molecule has 2 aromatic carbocycles. The van der Waals surface area contributed by atoms with Gasteiger partial charge >= 0.3 is 12.1 Å². The van der Waals surface area contributed by atoms with Crippen LogP contribution < -0.4 is 5.32 Å². The summed E-state index contributed by atoms with van der Waals surface area (Å²) in [5.74, 6) is -1.01. The highest BCUT2D eigenvalue weighted by Gasteiger charge is 2.20. The van der Waals surface area contributed by atoms with E-state index in [-0.39, 0.29) is 18.0 Å². The number of anilines is 1. The van der Waals surface area contributed by atoms with Crippen LogP contribution in [0.25, 0.3) is 0 Å². The topological polar surface area (TPSA) is 81.7 Å². The van der Waals surface area contributed by atoms with E-state index in [0.29, 0.717) is 16.3 Å². The van der Waals surface area contributed by atoms with E-state index in [4.69, 9.17) is 21.1 Å². The van der Waals surface area contributed by atoms with Crippen molar-refractivity contribution < 1.29 is 23.9 Å². The van der Waals surface area contributed by atoms with Crippen LogP contribution in [-0.4, -0.2) is 30.6 Å². The number of benzene rings is 2. The molecular weight excluding hydrogens is 358 g/mol. The average Bonchev–Trinajstić information content (AvgIpc) is 2.62. The molecule has 0 radical (unpaired) electrons. The lowest BCUT2D eigenvalue weighted by Crippen LogP contribution is -2.24. The fourth-order valence-electron chi connectivity index (χ4n) is 2.14. The van der Waals surface area contributed by atoms with Crippen LogP contribution in [0.1, 0.15) is 34.6 Å². The minimum atomic E-state index is -0.967. The van der Waals surface area contributed by atoms with Crippen molar-refractivity contribution in [1.82, 2.24) is 0 Å². The second-order valence-electron chi connectivity index (χ2n) is 5.34. The quantitative estimate of drug-likeness (QED) is 0.600. The largest absolute Gasteiger partial charge is 0.451 e. The third-order valence-electron chi connectivity index (χ3n) is 3.40. The lowest BCUT2D eigenvalue weighted by atomic mass is 10.1. The molecule has 6 nitrogen and oxygen atoms in total. The van der Waals surface area contributed by atoms with Gasteiger partial charge in [0.15, 0.2) is 6.10 Å². The monoisotopic (exact) mass is 375 g/mol. The van der Waals surface area contributed by atoms with Gasteiger partial charge in [-0.3, -0.25) is 10.1 Å². The van der Waals surface area contributed by atoms with Crippen molar-refractivity contribution in [2.24, 2.45) is 0 Å². The molecule has 0 saturated heterocycles. The number of ketones is 1. The van der Waals surface area contributed by atoms with Crippen LogP contribution in [0, 0.1) is 0 Å². The molecule has 26 heavy (non-hydrogen) atoms. The minimum Gasteiger partial charge on any atom is -0.451 e. The molecule has 136 valence electrons. The molecule has 2 rings (SSSR count). The molecule has 0 heterocycles.